The molecule has 1 aromatic carbocycles. The average Bonchev–Trinajstić information content (AvgIpc) is 2.79. The van der Waals surface area contributed by atoms with Gasteiger partial charge in [-0.05, 0) is 31.2 Å². The molecule has 0 spiro atoms. The molecule has 6 nitrogen and oxygen atoms in total. The van der Waals surface area contributed by atoms with E-state index in [0.717, 1.165) is 6.26 Å². The summed E-state index contributed by atoms with van der Waals surface area (Å²) in [5.41, 5.74) is 0.523. The first-order valence-corrected chi connectivity index (χ1v) is 8.59. The van der Waals surface area contributed by atoms with E-state index in [1.807, 2.05) is 6.92 Å². The minimum atomic E-state index is -3.25. The molecule has 1 atom stereocenters. The first kappa shape index (κ1) is 15.5. The first-order chi connectivity index (χ1) is 9.81. The smallest absolute Gasteiger partial charge is 0.229 e. The van der Waals surface area contributed by atoms with Crippen molar-refractivity contribution < 1.29 is 18.0 Å². The van der Waals surface area contributed by atoms with Crippen LogP contribution in [0.3, 0.4) is 0 Å². The zero-order valence-electron chi connectivity index (χ0n) is 12.0. The lowest BCUT2D eigenvalue weighted by Crippen LogP contribution is -2.28. The molecule has 1 aromatic rings. The zero-order valence-corrected chi connectivity index (χ0v) is 12.8. The van der Waals surface area contributed by atoms with Gasteiger partial charge >= 0.3 is 0 Å². The van der Waals surface area contributed by atoms with Gasteiger partial charge in [0.25, 0.3) is 0 Å². The van der Waals surface area contributed by atoms with Crippen molar-refractivity contribution in [1.29, 1.82) is 0 Å². The molecule has 0 aliphatic carbocycles. The summed E-state index contributed by atoms with van der Waals surface area (Å²) in [4.78, 5) is 25.6. The number of benzene rings is 1. The Bertz CT molecular complexity index is 652. The van der Waals surface area contributed by atoms with Gasteiger partial charge in [-0.15, -0.1) is 0 Å². The second-order valence-electron chi connectivity index (χ2n) is 5.12. The Hall–Kier alpha value is -1.89. The summed E-state index contributed by atoms with van der Waals surface area (Å²) in [6.07, 6.45) is 1.35. The number of anilines is 1. The fourth-order valence-corrected chi connectivity index (χ4v) is 2.91. The highest BCUT2D eigenvalue weighted by Gasteiger charge is 2.33. The second-order valence-corrected chi connectivity index (χ2v) is 7.13. The molecule has 114 valence electrons. The molecule has 1 fully saturated rings. The standard InChI is InChI=1S/C14H18N2O4S/c1-3-16-9-10(8-13(16)17)14(18)15-11-4-6-12(7-5-11)21(2,19)20/h4-7,10H,3,8-9H2,1-2H3,(H,15,18). The van der Waals surface area contributed by atoms with Crippen LogP contribution in [0.25, 0.3) is 0 Å². The molecule has 1 heterocycles. The van der Waals surface area contributed by atoms with E-state index in [9.17, 15) is 18.0 Å². The number of sulfone groups is 1. The van der Waals surface area contributed by atoms with Crippen molar-refractivity contribution in [2.45, 2.75) is 18.2 Å². The quantitative estimate of drug-likeness (QED) is 0.895. The van der Waals surface area contributed by atoms with Crippen molar-refractivity contribution in [2.24, 2.45) is 5.92 Å². The molecule has 7 heteroatoms. The Balaban J connectivity index is 2.02. The molecule has 1 aliphatic heterocycles. The predicted octanol–water partition coefficient (Wildman–Crippen LogP) is 0.897. The number of amides is 2. The molecule has 0 bridgehead atoms. The van der Waals surface area contributed by atoms with Gasteiger partial charge in [0.15, 0.2) is 9.84 Å². The third-order valence-corrected chi connectivity index (χ3v) is 4.65. The monoisotopic (exact) mass is 310 g/mol. The van der Waals surface area contributed by atoms with Crippen LogP contribution in [-0.4, -0.2) is 44.5 Å². The third kappa shape index (κ3) is 3.60. The van der Waals surface area contributed by atoms with Crippen LogP contribution in [0.5, 0.6) is 0 Å². The second kappa shape index (κ2) is 5.85. The van der Waals surface area contributed by atoms with Crippen molar-refractivity contribution in [1.82, 2.24) is 4.90 Å². The molecule has 1 saturated heterocycles. The topological polar surface area (TPSA) is 83.6 Å². The summed E-state index contributed by atoms with van der Waals surface area (Å²) >= 11 is 0. The molecular formula is C14H18N2O4S. The molecule has 0 saturated carbocycles. The Labute approximate surface area is 124 Å². The molecular weight excluding hydrogens is 292 g/mol. The third-order valence-electron chi connectivity index (χ3n) is 3.52. The Kier molecular flexibility index (Phi) is 4.32. The van der Waals surface area contributed by atoms with E-state index in [1.54, 1.807) is 17.0 Å². The van der Waals surface area contributed by atoms with Gasteiger partial charge in [-0.3, -0.25) is 9.59 Å². The van der Waals surface area contributed by atoms with Crippen LogP contribution in [0.4, 0.5) is 5.69 Å². The van der Waals surface area contributed by atoms with E-state index in [1.165, 1.54) is 12.1 Å². The fraction of sp³-hybridized carbons (Fsp3) is 0.429. The van der Waals surface area contributed by atoms with Crippen molar-refractivity contribution >= 4 is 27.3 Å². The number of rotatable bonds is 4. The summed E-state index contributed by atoms with van der Waals surface area (Å²) < 4.78 is 22.7. The van der Waals surface area contributed by atoms with E-state index in [-0.39, 0.29) is 29.0 Å². The number of carbonyl (C=O) groups excluding carboxylic acids is 2. The maximum Gasteiger partial charge on any atom is 0.229 e. The number of nitrogens with one attached hydrogen (secondary N) is 1. The van der Waals surface area contributed by atoms with Gasteiger partial charge in [0, 0.05) is 31.5 Å². The Morgan fingerprint density at radius 1 is 1.33 bits per heavy atom. The summed E-state index contributed by atoms with van der Waals surface area (Å²) in [6, 6.07) is 5.98. The van der Waals surface area contributed by atoms with Gasteiger partial charge in [-0.25, -0.2) is 8.42 Å². The predicted molar refractivity (Wildman–Crippen MR) is 78.5 cm³/mol. The summed E-state index contributed by atoms with van der Waals surface area (Å²) in [7, 11) is -3.25. The summed E-state index contributed by atoms with van der Waals surface area (Å²) in [5.74, 6) is -0.580. The summed E-state index contributed by atoms with van der Waals surface area (Å²) in [5, 5.41) is 2.72. The number of carbonyl (C=O) groups is 2. The van der Waals surface area contributed by atoms with Crippen LogP contribution in [0.1, 0.15) is 13.3 Å². The minimum Gasteiger partial charge on any atom is -0.342 e. The maximum absolute atomic E-state index is 12.1. The van der Waals surface area contributed by atoms with Crippen molar-refractivity contribution in [2.75, 3.05) is 24.7 Å². The minimum absolute atomic E-state index is 0.00919. The molecule has 2 amide bonds. The van der Waals surface area contributed by atoms with Crippen molar-refractivity contribution in [3.63, 3.8) is 0 Å². The molecule has 1 N–H and O–H groups in total. The number of nitrogens with zero attached hydrogens (tertiary/aromatic N) is 1. The van der Waals surface area contributed by atoms with Crippen LogP contribution in [0.2, 0.25) is 0 Å². The molecule has 1 aliphatic rings. The normalized spacial score (nSPS) is 18.9. The lowest BCUT2D eigenvalue weighted by atomic mass is 10.1. The van der Waals surface area contributed by atoms with Gasteiger partial charge < -0.3 is 10.2 Å². The van der Waals surface area contributed by atoms with E-state index >= 15 is 0 Å². The average molecular weight is 310 g/mol. The number of hydrogen-bond donors (Lipinski definition) is 1. The highest BCUT2D eigenvalue weighted by atomic mass is 32.2. The van der Waals surface area contributed by atoms with Gasteiger partial charge in [0.2, 0.25) is 11.8 Å². The van der Waals surface area contributed by atoms with Crippen LogP contribution >= 0.6 is 0 Å². The van der Waals surface area contributed by atoms with E-state index in [0.29, 0.717) is 18.8 Å². The van der Waals surface area contributed by atoms with Gasteiger partial charge in [0.1, 0.15) is 0 Å². The van der Waals surface area contributed by atoms with Crippen molar-refractivity contribution in [3.8, 4) is 0 Å². The van der Waals surface area contributed by atoms with Crippen LogP contribution in [0.15, 0.2) is 29.2 Å². The van der Waals surface area contributed by atoms with Crippen LogP contribution in [0, 0.1) is 5.92 Å². The number of likely N-dealkylation sites (tertiary alicyclic amines) is 1. The van der Waals surface area contributed by atoms with E-state index in [4.69, 9.17) is 0 Å². The first-order valence-electron chi connectivity index (χ1n) is 6.70. The van der Waals surface area contributed by atoms with E-state index < -0.39 is 9.84 Å². The van der Waals surface area contributed by atoms with Crippen molar-refractivity contribution in [3.05, 3.63) is 24.3 Å². The van der Waals surface area contributed by atoms with Crippen LogP contribution < -0.4 is 5.32 Å². The molecule has 2 rings (SSSR count). The maximum atomic E-state index is 12.1. The highest BCUT2D eigenvalue weighted by Crippen LogP contribution is 2.20. The SMILES string of the molecule is CCN1CC(C(=O)Nc2ccc(S(C)(=O)=O)cc2)CC1=O. The zero-order chi connectivity index (χ0) is 15.6. The molecule has 1 unspecified atom stereocenters. The summed E-state index contributed by atoms with van der Waals surface area (Å²) in [6.45, 7) is 2.91. The molecule has 0 aromatic heterocycles. The highest BCUT2D eigenvalue weighted by molar-refractivity contribution is 7.90. The Morgan fingerprint density at radius 2 is 1.95 bits per heavy atom. The lowest BCUT2D eigenvalue weighted by Gasteiger charge is -2.13. The Morgan fingerprint density at radius 3 is 2.43 bits per heavy atom. The lowest BCUT2D eigenvalue weighted by molar-refractivity contribution is -0.128. The van der Waals surface area contributed by atoms with Gasteiger partial charge in [-0.2, -0.15) is 0 Å². The van der Waals surface area contributed by atoms with Gasteiger partial charge in [-0.1, -0.05) is 0 Å². The fourth-order valence-electron chi connectivity index (χ4n) is 2.28. The number of hydrogen-bond acceptors (Lipinski definition) is 4. The largest absolute Gasteiger partial charge is 0.342 e. The van der Waals surface area contributed by atoms with Gasteiger partial charge in [0.05, 0.1) is 10.8 Å². The van der Waals surface area contributed by atoms with Crippen LogP contribution in [-0.2, 0) is 19.4 Å². The molecule has 0 radical (unpaired) electrons. The van der Waals surface area contributed by atoms with E-state index in [2.05, 4.69) is 5.32 Å². The molecule has 21 heavy (non-hydrogen) atoms.